The Bertz CT molecular complexity index is 439. The fourth-order valence-electron chi connectivity index (χ4n) is 2.68. The summed E-state index contributed by atoms with van der Waals surface area (Å²) in [6.45, 7) is 4.68. The quantitative estimate of drug-likeness (QED) is 0.863. The normalized spacial score (nSPS) is 20.9. The molecule has 0 bridgehead atoms. The Balaban J connectivity index is 2.12. The van der Waals surface area contributed by atoms with Crippen LogP contribution in [0.3, 0.4) is 0 Å². The van der Waals surface area contributed by atoms with E-state index in [0.717, 1.165) is 37.7 Å². The molecule has 1 unspecified atom stereocenters. The third-order valence-electron chi connectivity index (χ3n) is 3.95. The third-order valence-corrected chi connectivity index (χ3v) is 3.95. The van der Waals surface area contributed by atoms with Gasteiger partial charge in [0.15, 0.2) is 0 Å². The number of rotatable bonds is 5. The standard InChI is InChI=1S/C15H25N3O2/c1-17-6-7-18(13(9-16)11-17)10-12-4-5-14(19-2)8-15(12)20-3/h4-5,8,13H,6-7,9-11,16H2,1-3H3. The van der Waals surface area contributed by atoms with E-state index in [-0.39, 0.29) is 0 Å². The Labute approximate surface area is 121 Å². The largest absolute Gasteiger partial charge is 0.497 e. The van der Waals surface area contributed by atoms with E-state index in [0.29, 0.717) is 12.6 Å². The summed E-state index contributed by atoms with van der Waals surface area (Å²) in [5, 5.41) is 0. The van der Waals surface area contributed by atoms with Crippen LogP contribution < -0.4 is 15.2 Å². The van der Waals surface area contributed by atoms with Crippen molar-refractivity contribution >= 4 is 0 Å². The lowest BCUT2D eigenvalue weighted by Crippen LogP contribution is -2.54. The summed E-state index contributed by atoms with van der Waals surface area (Å²) in [5.41, 5.74) is 7.08. The Morgan fingerprint density at radius 2 is 2.05 bits per heavy atom. The summed E-state index contributed by atoms with van der Waals surface area (Å²) in [4.78, 5) is 4.77. The molecule has 2 N–H and O–H groups in total. The summed E-state index contributed by atoms with van der Waals surface area (Å²) < 4.78 is 10.7. The van der Waals surface area contributed by atoms with E-state index in [1.807, 2.05) is 12.1 Å². The highest BCUT2D eigenvalue weighted by molar-refractivity contribution is 5.40. The Morgan fingerprint density at radius 3 is 2.70 bits per heavy atom. The molecule has 1 aliphatic heterocycles. The minimum atomic E-state index is 0.403. The topological polar surface area (TPSA) is 51.0 Å². The average molecular weight is 279 g/mol. The van der Waals surface area contributed by atoms with Crippen molar-refractivity contribution in [1.29, 1.82) is 0 Å². The first kappa shape index (κ1) is 15.1. The predicted octanol–water partition coefficient (Wildman–Crippen LogP) is 0.779. The molecular weight excluding hydrogens is 254 g/mol. The molecule has 0 spiro atoms. The van der Waals surface area contributed by atoms with Gasteiger partial charge in [-0.25, -0.2) is 0 Å². The van der Waals surface area contributed by atoms with Crippen molar-refractivity contribution in [3.8, 4) is 11.5 Å². The second-order valence-electron chi connectivity index (χ2n) is 5.30. The molecule has 1 aromatic rings. The molecule has 20 heavy (non-hydrogen) atoms. The van der Waals surface area contributed by atoms with Gasteiger partial charge in [-0.2, -0.15) is 0 Å². The molecule has 112 valence electrons. The highest BCUT2D eigenvalue weighted by Gasteiger charge is 2.24. The monoisotopic (exact) mass is 279 g/mol. The second kappa shape index (κ2) is 6.92. The molecule has 0 aliphatic carbocycles. The smallest absolute Gasteiger partial charge is 0.127 e. The molecule has 1 fully saturated rings. The highest BCUT2D eigenvalue weighted by atomic mass is 16.5. The molecule has 5 heteroatoms. The summed E-state index contributed by atoms with van der Waals surface area (Å²) in [6.07, 6.45) is 0. The third kappa shape index (κ3) is 3.42. The minimum absolute atomic E-state index is 0.403. The van der Waals surface area contributed by atoms with Crippen LogP contribution in [0.5, 0.6) is 11.5 Å². The van der Waals surface area contributed by atoms with Crippen LogP contribution in [0.1, 0.15) is 5.56 Å². The van der Waals surface area contributed by atoms with Crippen LogP contribution in [-0.2, 0) is 6.54 Å². The summed E-state index contributed by atoms with van der Waals surface area (Å²) in [6, 6.07) is 6.39. The zero-order chi connectivity index (χ0) is 14.5. The van der Waals surface area contributed by atoms with E-state index in [9.17, 15) is 0 Å². The van der Waals surface area contributed by atoms with Gasteiger partial charge in [-0.3, -0.25) is 4.90 Å². The maximum atomic E-state index is 5.91. The molecule has 1 aliphatic rings. The SMILES string of the molecule is COc1ccc(CN2CCN(C)CC2CN)c(OC)c1. The molecule has 1 aromatic carbocycles. The van der Waals surface area contributed by atoms with Crippen molar-refractivity contribution in [2.24, 2.45) is 5.73 Å². The first-order valence-electron chi connectivity index (χ1n) is 7.01. The van der Waals surface area contributed by atoms with Crippen LogP contribution in [0, 0.1) is 0 Å². The zero-order valence-corrected chi connectivity index (χ0v) is 12.6. The van der Waals surface area contributed by atoms with E-state index in [4.69, 9.17) is 15.2 Å². The molecule has 0 aromatic heterocycles. The van der Waals surface area contributed by atoms with Crippen molar-refractivity contribution in [1.82, 2.24) is 9.80 Å². The molecule has 1 heterocycles. The Kier molecular flexibility index (Phi) is 5.23. The van der Waals surface area contributed by atoms with Crippen LogP contribution in [0.15, 0.2) is 18.2 Å². The van der Waals surface area contributed by atoms with Gasteiger partial charge in [0.1, 0.15) is 11.5 Å². The minimum Gasteiger partial charge on any atom is -0.497 e. The molecule has 1 atom stereocenters. The molecule has 2 rings (SSSR count). The zero-order valence-electron chi connectivity index (χ0n) is 12.6. The van der Waals surface area contributed by atoms with Gasteiger partial charge in [0.2, 0.25) is 0 Å². The highest BCUT2D eigenvalue weighted by Crippen LogP contribution is 2.26. The van der Waals surface area contributed by atoms with Gasteiger partial charge >= 0.3 is 0 Å². The number of hydrogen-bond donors (Lipinski definition) is 1. The van der Waals surface area contributed by atoms with Gasteiger partial charge in [-0.05, 0) is 13.1 Å². The van der Waals surface area contributed by atoms with Crippen molar-refractivity contribution in [3.63, 3.8) is 0 Å². The van der Waals surface area contributed by atoms with Crippen molar-refractivity contribution < 1.29 is 9.47 Å². The number of hydrogen-bond acceptors (Lipinski definition) is 5. The summed E-state index contributed by atoms with van der Waals surface area (Å²) >= 11 is 0. The lowest BCUT2D eigenvalue weighted by Gasteiger charge is -2.39. The molecule has 0 amide bonds. The summed E-state index contributed by atoms with van der Waals surface area (Å²) in [5.74, 6) is 1.69. The van der Waals surface area contributed by atoms with Gasteiger partial charge in [-0.15, -0.1) is 0 Å². The molecule has 1 saturated heterocycles. The van der Waals surface area contributed by atoms with E-state index >= 15 is 0 Å². The molecule has 5 nitrogen and oxygen atoms in total. The van der Waals surface area contributed by atoms with Gasteiger partial charge in [0.05, 0.1) is 14.2 Å². The van der Waals surface area contributed by atoms with Crippen LogP contribution in [0.4, 0.5) is 0 Å². The Morgan fingerprint density at radius 1 is 1.25 bits per heavy atom. The average Bonchev–Trinajstić information content (AvgIpc) is 2.49. The van der Waals surface area contributed by atoms with Gasteiger partial charge in [-0.1, -0.05) is 6.07 Å². The van der Waals surface area contributed by atoms with Gasteiger partial charge in [0.25, 0.3) is 0 Å². The maximum Gasteiger partial charge on any atom is 0.127 e. The first-order chi connectivity index (χ1) is 9.67. The van der Waals surface area contributed by atoms with E-state index in [1.54, 1.807) is 14.2 Å². The van der Waals surface area contributed by atoms with E-state index in [2.05, 4.69) is 22.9 Å². The fraction of sp³-hybridized carbons (Fsp3) is 0.600. The van der Waals surface area contributed by atoms with Crippen LogP contribution >= 0.6 is 0 Å². The maximum absolute atomic E-state index is 5.91. The lowest BCUT2D eigenvalue weighted by molar-refractivity contribution is 0.0873. The second-order valence-corrected chi connectivity index (χ2v) is 5.30. The van der Waals surface area contributed by atoms with Crippen molar-refractivity contribution in [3.05, 3.63) is 23.8 Å². The van der Waals surface area contributed by atoms with Gasteiger partial charge in [0, 0.05) is 50.4 Å². The number of methoxy groups -OCH3 is 2. The number of piperazine rings is 1. The number of nitrogens with two attached hydrogens (primary N) is 1. The van der Waals surface area contributed by atoms with Gasteiger partial charge < -0.3 is 20.1 Å². The molecule has 0 saturated carbocycles. The number of benzene rings is 1. The van der Waals surface area contributed by atoms with Crippen LogP contribution in [0.25, 0.3) is 0 Å². The first-order valence-corrected chi connectivity index (χ1v) is 7.01. The predicted molar refractivity (Wildman–Crippen MR) is 80.3 cm³/mol. The molecule has 0 radical (unpaired) electrons. The number of nitrogens with zero attached hydrogens (tertiary/aromatic N) is 2. The van der Waals surface area contributed by atoms with Crippen LogP contribution in [-0.4, -0.2) is 63.3 Å². The number of ether oxygens (including phenoxy) is 2. The fourth-order valence-corrected chi connectivity index (χ4v) is 2.68. The summed E-state index contributed by atoms with van der Waals surface area (Å²) in [7, 11) is 5.51. The number of likely N-dealkylation sites (N-methyl/N-ethyl adjacent to an activating group) is 1. The van der Waals surface area contributed by atoms with E-state index in [1.165, 1.54) is 5.56 Å². The van der Waals surface area contributed by atoms with Crippen molar-refractivity contribution in [2.75, 3.05) is 47.4 Å². The van der Waals surface area contributed by atoms with Crippen LogP contribution in [0.2, 0.25) is 0 Å². The van der Waals surface area contributed by atoms with Crippen molar-refractivity contribution in [2.45, 2.75) is 12.6 Å². The Hall–Kier alpha value is -1.30. The molecular formula is C15H25N3O2. The lowest BCUT2D eigenvalue weighted by atomic mass is 10.1. The van der Waals surface area contributed by atoms with E-state index < -0.39 is 0 Å².